The topological polar surface area (TPSA) is 95.3 Å². The molecule has 1 N–H and O–H groups in total. The Labute approximate surface area is 225 Å². The number of ether oxygens (including phenoxy) is 2. The Morgan fingerprint density at radius 2 is 2.11 bits per heavy atom. The zero-order chi connectivity index (χ0) is 26.4. The molecule has 8 nitrogen and oxygen atoms in total. The molecule has 1 aliphatic rings. The van der Waals surface area contributed by atoms with Gasteiger partial charge in [-0.3, -0.25) is 9.36 Å². The highest BCUT2D eigenvalue weighted by molar-refractivity contribution is 7.99. The standard InChI is InChI=1S/C27H32N4O4S2/c1-5-14-31-24(18(4)35-19-11-9-10-17(3)15-19)29-30-27(31)36-16-22(32)28-25-23(26(33)34-6-2)20-12-7-8-13-21(20)37-25/h5,9-11,15,18H,1,6-8,12-14,16H2,2-4H3,(H,28,32). The van der Waals surface area contributed by atoms with Crippen molar-refractivity contribution in [2.24, 2.45) is 0 Å². The van der Waals surface area contributed by atoms with E-state index >= 15 is 0 Å². The number of carbonyl (C=O) groups is 2. The van der Waals surface area contributed by atoms with Crippen molar-refractivity contribution >= 4 is 40.0 Å². The number of nitrogens with zero attached hydrogens (tertiary/aromatic N) is 3. The van der Waals surface area contributed by atoms with Crippen LogP contribution in [0.3, 0.4) is 0 Å². The molecule has 0 fully saturated rings. The van der Waals surface area contributed by atoms with E-state index in [1.54, 1.807) is 13.0 Å². The average molecular weight is 541 g/mol. The minimum Gasteiger partial charge on any atom is -0.483 e. The number of benzene rings is 1. The third-order valence-electron chi connectivity index (χ3n) is 5.96. The van der Waals surface area contributed by atoms with Gasteiger partial charge < -0.3 is 14.8 Å². The molecule has 1 aromatic carbocycles. The van der Waals surface area contributed by atoms with Gasteiger partial charge in [0.1, 0.15) is 10.8 Å². The summed E-state index contributed by atoms with van der Waals surface area (Å²) in [5, 5.41) is 12.8. The van der Waals surface area contributed by atoms with Crippen LogP contribution in [-0.2, 0) is 28.9 Å². The molecule has 2 aromatic heterocycles. The van der Waals surface area contributed by atoms with Crippen molar-refractivity contribution in [1.29, 1.82) is 0 Å². The van der Waals surface area contributed by atoms with Crippen LogP contribution in [0.2, 0.25) is 0 Å². The maximum absolute atomic E-state index is 12.9. The lowest BCUT2D eigenvalue weighted by molar-refractivity contribution is -0.113. The highest BCUT2D eigenvalue weighted by Crippen LogP contribution is 2.38. The van der Waals surface area contributed by atoms with Crippen LogP contribution < -0.4 is 10.1 Å². The minimum absolute atomic E-state index is 0.118. The van der Waals surface area contributed by atoms with Gasteiger partial charge in [-0.2, -0.15) is 0 Å². The van der Waals surface area contributed by atoms with Crippen LogP contribution >= 0.6 is 23.1 Å². The van der Waals surface area contributed by atoms with E-state index in [1.807, 2.05) is 42.7 Å². The zero-order valence-corrected chi connectivity index (χ0v) is 23.0. The molecule has 0 spiro atoms. The van der Waals surface area contributed by atoms with Gasteiger partial charge in [-0.05, 0) is 69.7 Å². The molecule has 2 heterocycles. The molecule has 37 heavy (non-hydrogen) atoms. The summed E-state index contributed by atoms with van der Waals surface area (Å²) in [5.41, 5.74) is 2.65. The SMILES string of the molecule is C=CCn1c(SCC(=O)Nc2sc3c(c2C(=O)OCC)CCCC3)nnc1C(C)Oc1cccc(C)c1. The molecule has 1 aliphatic carbocycles. The van der Waals surface area contributed by atoms with Gasteiger partial charge in [0.15, 0.2) is 17.1 Å². The van der Waals surface area contributed by atoms with Crippen LogP contribution in [0.4, 0.5) is 5.00 Å². The molecule has 1 atom stereocenters. The fourth-order valence-corrected chi connectivity index (χ4v) is 6.37. The molecule has 0 radical (unpaired) electrons. The summed E-state index contributed by atoms with van der Waals surface area (Å²) in [6.45, 7) is 10.3. The van der Waals surface area contributed by atoms with Gasteiger partial charge in [0, 0.05) is 11.4 Å². The number of hydrogen-bond donors (Lipinski definition) is 1. The fraction of sp³-hybridized carbons (Fsp3) is 0.407. The largest absolute Gasteiger partial charge is 0.483 e. The van der Waals surface area contributed by atoms with Crippen LogP contribution in [-0.4, -0.2) is 39.0 Å². The maximum atomic E-state index is 12.9. The summed E-state index contributed by atoms with van der Waals surface area (Å²) in [6.07, 6.45) is 5.30. The Balaban J connectivity index is 1.46. The molecule has 0 bridgehead atoms. The van der Waals surface area contributed by atoms with E-state index < -0.39 is 0 Å². The first-order chi connectivity index (χ1) is 17.9. The molecule has 0 saturated carbocycles. The van der Waals surface area contributed by atoms with Gasteiger partial charge in [-0.15, -0.1) is 28.1 Å². The number of thioether (sulfide) groups is 1. The molecule has 1 unspecified atom stereocenters. The number of aryl methyl sites for hydroxylation is 2. The van der Waals surface area contributed by atoms with Gasteiger partial charge in [0.2, 0.25) is 5.91 Å². The van der Waals surface area contributed by atoms with E-state index in [4.69, 9.17) is 9.47 Å². The molecule has 0 saturated heterocycles. The maximum Gasteiger partial charge on any atom is 0.341 e. The van der Waals surface area contributed by atoms with E-state index in [2.05, 4.69) is 22.1 Å². The van der Waals surface area contributed by atoms with Crippen LogP contribution in [0.1, 0.15) is 65.0 Å². The summed E-state index contributed by atoms with van der Waals surface area (Å²) in [7, 11) is 0. The number of fused-ring (bicyclic) bond motifs is 1. The Bertz CT molecular complexity index is 1280. The zero-order valence-electron chi connectivity index (χ0n) is 21.4. The number of allylic oxidation sites excluding steroid dienone is 1. The second kappa shape index (κ2) is 12.4. The van der Waals surface area contributed by atoms with Crippen molar-refractivity contribution in [2.45, 2.75) is 64.3 Å². The third-order valence-corrected chi connectivity index (χ3v) is 8.13. The lowest BCUT2D eigenvalue weighted by Gasteiger charge is -2.16. The van der Waals surface area contributed by atoms with Crippen LogP contribution in [0, 0.1) is 6.92 Å². The number of amides is 1. The summed E-state index contributed by atoms with van der Waals surface area (Å²) in [5.74, 6) is 0.939. The molecule has 196 valence electrons. The van der Waals surface area contributed by atoms with Crippen molar-refractivity contribution in [3.8, 4) is 5.75 Å². The van der Waals surface area contributed by atoms with E-state index in [0.717, 1.165) is 47.4 Å². The Morgan fingerprint density at radius 3 is 2.86 bits per heavy atom. The van der Waals surface area contributed by atoms with Crippen molar-refractivity contribution in [2.75, 3.05) is 17.7 Å². The molecular weight excluding hydrogens is 508 g/mol. The number of carbonyl (C=O) groups excluding carboxylic acids is 2. The first-order valence-electron chi connectivity index (χ1n) is 12.4. The van der Waals surface area contributed by atoms with Gasteiger partial charge in [0.05, 0.1) is 17.9 Å². The van der Waals surface area contributed by atoms with Gasteiger partial charge in [-0.1, -0.05) is 30.0 Å². The van der Waals surface area contributed by atoms with E-state index in [-0.39, 0.29) is 23.7 Å². The lowest BCUT2D eigenvalue weighted by Crippen LogP contribution is -2.17. The van der Waals surface area contributed by atoms with E-state index in [9.17, 15) is 9.59 Å². The Kier molecular flexibility index (Phi) is 9.04. The summed E-state index contributed by atoms with van der Waals surface area (Å²) < 4.78 is 13.3. The smallest absolute Gasteiger partial charge is 0.341 e. The van der Waals surface area contributed by atoms with Crippen molar-refractivity contribution in [3.05, 3.63) is 64.3 Å². The van der Waals surface area contributed by atoms with Crippen LogP contribution in [0.15, 0.2) is 42.1 Å². The quantitative estimate of drug-likeness (QED) is 0.188. The molecule has 1 amide bonds. The number of rotatable bonds is 11. The first kappa shape index (κ1) is 26.9. The van der Waals surface area contributed by atoms with Crippen LogP contribution in [0.25, 0.3) is 0 Å². The number of aromatic nitrogens is 3. The van der Waals surface area contributed by atoms with Crippen molar-refractivity contribution in [1.82, 2.24) is 14.8 Å². The monoisotopic (exact) mass is 540 g/mol. The van der Waals surface area contributed by atoms with E-state index in [0.29, 0.717) is 34.7 Å². The molecular formula is C27H32N4O4S2. The van der Waals surface area contributed by atoms with Crippen molar-refractivity contribution < 1.29 is 19.1 Å². The normalized spacial score (nSPS) is 13.5. The van der Waals surface area contributed by atoms with Crippen molar-refractivity contribution in [3.63, 3.8) is 0 Å². The van der Waals surface area contributed by atoms with Gasteiger partial charge in [0.25, 0.3) is 0 Å². The highest BCUT2D eigenvalue weighted by Gasteiger charge is 2.27. The second-order valence-corrected chi connectivity index (χ2v) is 10.8. The molecule has 4 rings (SSSR count). The second-order valence-electron chi connectivity index (χ2n) is 8.79. The lowest BCUT2D eigenvalue weighted by atomic mass is 9.95. The number of nitrogens with one attached hydrogen (secondary N) is 1. The number of hydrogen-bond acceptors (Lipinski definition) is 8. The predicted molar refractivity (Wildman–Crippen MR) is 147 cm³/mol. The number of esters is 1. The van der Waals surface area contributed by atoms with Gasteiger partial charge in [-0.25, -0.2) is 4.79 Å². The fourth-order valence-electron chi connectivity index (χ4n) is 4.32. The first-order valence-corrected chi connectivity index (χ1v) is 14.2. The summed E-state index contributed by atoms with van der Waals surface area (Å²) >= 11 is 2.77. The Morgan fingerprint density at radius 1 is 1.30 bits per heavy atom. The Hall–Kier alpha value is -3.11. The van der Waals surface area contributed by atoms with Crippen LogP contribution in [0.5, 0.6) is 5.75 Å². The van der Waals surface area contributed by atoms with Gasteiger partial charge >= 0.3 is 5.97 Å². The molecule has 10 heteroatoms. The molecule has 0 aliphatic heterocycles. The average Bonchev–Trinajstić information content (AvgIpc) is 3.44. The van der Waals surface area contributed by atoms with E-state index in [1.165, 1.54) is 23.1 Å². The third kappa shape index (κ3) is 6.42. The number of thiophene rings is 1. The summed E-state index contributed by atoms with van der Waals surface area (Å²) in [4.78, 5) is 26.8. The predicted octanol–water partition coefficient (Wildman–Crippen LogP) is 5.76. The highest BCUT2D eigenvalue weighted by atomic mass is 32.2. The molecule has 3 aromatic rings. The number of anilines is 1. The minimum atomic E-state index is -0.372. The summed E-state index contributed by atoms with van der Waals surface area (Å²) in [6, 6.07) is 7.84.